The van der Waals surface area contributed by atoms with E-state index in [0.717, 1.165) is 18.9 Å². The molecule has 4 heteroatoms. The van der Waals surface area contributed by atoms with Crippen LogP contribution >= 0.6 is 0 Å². The van der Waals surface area contributed by atoms with Gasteiger partial charge in [-0.1, -0.05) is 0 Å². The molecule has 1 saturated heterocycles. The minimum Gasteiger partial charge on any atom is -0.355 e. The van der Waals surface area contributed by atoms with E-state index in [1.165, 1.54) is 12.8 Å². The fraction of sp³-hybridized carbons (Fsp3) is 0.538. The number of rotatable bonds is 2. The molecule has 1 aromatic rings. The number of hydrogen-bond donors (Lipinski definition) is 0. The van der Waals surface area contributed by atoms with E-state index in [9.17, 15) is 0 Å². The Morgan fingerprint density at radius 2 is 2.35 bits per heavy atom. The fourth-order valence-corrected chi connectivity index (χ4v) is 2.25. The quantitative estimate of drug-likeness (QED) is 0.772. The maximum absolute atomic E-state index is 8.90. The summed E-state index contributed by atoms with van der Waals surface area (Å²) in [4.78, 5) is 8.90. The van der Waals surface area contributed by atoms with Gasteiger partial charge in [0.2, 0.25) is 0 Å². The Kier molecular flexibility index (Phi) is 3.60. The summed E-state index contributed by atoms with van der Waals surface area (Å²) >= 11 is 0. The summed E-state index contributed by atoms with van der Waals surface area (Å²) in [7, 11) is 4.24. The predicted molar refractivity (Wildman–Crippen MR) is 67.9 cm³/mol. The lowest BCUT2D eigenvalue weighted by Crippen LogP contribution is -2.45. The molecule has 0 aliphatic carbocycles. The summed E-state index contributed by atoms with van der Waals surface area (Å²) in [6.07, 6.45) is 4.13. The van der Waals surface area contributed by atoms with Crippen molar-refractivity contribution in [1.29, 1.82) is 5.26 Å². The van der Waals surface area contributed by atoms with Crippen molar-refractivity contribution >= 4 is 5.82 Å². The van der Waals surface area contributed by atoms with Crippen molar-refractivity contribution in [3.63, 3.8) is 0 Å². The highest BCUT2D eigenvalue weighted by Crippen LogP contribution is 2.20. The predicted octanol–water partition coefficient (Wildman–Crippen LogP) is 1.48. The van der Waals surface area contributed by atoms with Gasteiger partial charge in [0, 0.05) is 25.3 Å². The molecule has 1 aliphatic rings. The molecule has 2 heterocycles. The number of pyridine rings is 1. The smallest absolute Gasteiger partial charge is 0.129 e. The van der Waals surface area contributed by atoms with Crippen molar-refractivity contribution < 1.29 is 0 Å². The number of nitriles is 1. The van der Waals surface area contributed by atoms with Gasteiger partial charge >= 0.3 is 0 Å². The number of hydrogen-bond acceptors (Lipinski definition) is 4. The van der Waals surface area contributed by atoms with Crippen molar-refractivity contribution in [2.24, 2.45) is 0 Å². The van der Waals surface area contributed by atoms with Gasteiger partial charge in [0.05, 0.1) is 11.6 Å². The zero-order valence-electron chi connectivity index (χ0n) is 10.4. The van der Waals surface area contributed by atoms with Gasteiger partial charge in [-0.3, -0.25) is 0 Å². The number of aromatic nitrogens is 1. The first kappa shape index (κ1) is 11.9. The molecular weight excluding hydrogens is 212 g/mol. The van der Waals surface area contributed by atoms with Crippen LogP contribution < -0.4 is 4.90 Å². The lowest BCUT2D eigenvalue weighted by molar-refractivity contribution is 0.257. The monoisotopic (exact) mass is 230 g/mol. The summed E-state index contributed by atoms with van der Waals surface area (Å²) < 4.78 is 0. The first-order valence-corrected chi connectivity index (χ1v) is 5.98. The van der Waals surface area contributed by atoms with Crippen molar-refractivity contribution in [2.45, 2.75) is 18.9 Å². The van der Waals surface area contributed by atoms with Crippen LogP contribution in [0.25, 0.3) is 0 Å². The second-order valence-corrected chi connectivity index (χ2v) is 4.72. The third-order valence-corrected chi connectivity index (χ3v) is 3.33. The van der Waals surface area contributed by atoms with Gasteiger partial charge in [0.25, 0.3) is 0 Å². The van der Waals surface area contributed by atoms with Gasteiger partial charge in [-0.15, -0.1) is 0 Å². The Balaban J connectivity index is 2.13. The van der Waals surface area contributed by atoms with Gasteiger partial charge in [-0.05, 0) is 39.1 Å². The molecule has 1 aromatic heterocycles. The van der Waals surface area contributed by atoms with Crippen LogP contribution in [0.15, 0.2) is 18.3 Å². The maximum atomic E-state index is 8.90. The summed E-state index contributed by atoms with van der Waals surface area (Å²) in [5.41, 5.74) is 0.682. The number of likely N-dealkylation sites (N-methyl/N-ethyl adjacent to an activating group) is 1. The molecule has 0 aromatic carbocycles. The van der Waals surface area contributed by atoms with Gasteiger partial charge in [-0.25, -0.2) is 4.98 Å². The second kappa shape index (κ2) is 5.15. The van der Waals surface area contributed by atoms with E-state index in [4.69, 9.17) is 5.26 Å². The molecule has 90 valence electrons. The zero-order valence-corrected chi connectivity index (χ0v) is 10.4. The zero-order chi connectivity index (χ0) is 12.3. The largest absolute Gasteiger partial charge is 0.355 e. The summed E-state index contributed by atoms with van der Waals surface area (Å²) in [6.45, 7) is 2.03. The Bertz CT molecular complexity index is 422. The number of anilines is 1. The average molecular weight is 230 g/mol. The van der Waals surface area contributed by atoms with Crippen LogP contribution in [0.2, 0.25) is 0 Å². The van der Waals surface area contributed by atoms with Crippen molar-refractivity contribution in [3.8, 4) is 6.07 Å². The fourth-order valence-electron chi connectivity index (χ4n) is 2.25. The Labute approximate surface area is 102 Å². The first-order valence-electron chi connectivity index (χ1n) is 5.98. The van der Waals surface area contributed by atoms with E-state index in [-0.39, 0.29) is 0 Å². The molecule has 1 atom stereocenters. The van der Waals surface area contributed by atoms with Gasteiger partial charge < -0.3 is 9.80 Å². The molecule has 17 heavy (non-hydrogen) atoms. The minimum atomic E-state index is 0.580. The van der Waals surface area contributed by atoms with Gasteiger partial charge in [0.15, 0.2) is 0 Å². The molecule has 1 unspecified atom stereocenters. The third kappa shape index (κ3) is 2.75. The normalized spacial score (nSPS) is 20.4. The Morgan fingerprint density at radius 3 is 3.06 bits per heavy atom. The highest BCUT2D eigenvalue weighted by atomic mass is 15.2. The van der Waals surface area contributed by atoms with Crippen LogP contribution in [0, 0.1) is 11.3 Å². The van der Waals surface area contributed by atoms with E-state index in [1.54, 1.807) is 12.3 Å². The lowest BCUT2D eigenvalue weighted by Gasteiger charge is -2.36. The van der Waals surface area contributed by atoms with Crippen LogP contribution in [-0.4, -0.2) is 43.1 Å². The molecule has 1 fully saturated rings. The molecule has 1 aliphatic heterocycles. The van der Waals surface area contributed by atoms with Crippen molar-refractivity contribution in [3.05, 3.63) is 23.9 Å². The van der Waals surface area contributed by atoms with Crippen LogP contribution in [0.1, 0.15) is 18.4 Å². The van der Waals surface area contributed by atoms with Crippen LogP contribution in [0.3, 0.4) is 0 Å². The molecule has 0 radical (unpaired) electrons. The minimum absolute atomic E-state index is 0.580. The molecule has 0 saturated carbocycles. The second-order valence-electron chi connectivity index (χ2n) is 4.72. The molecule has 4 nitrogen and oxygen atoms in total. The molecule has 0 bridgehead atoms. The summed E-state index contributed by atoms with van der Waals surface area (Å²) in [5, 5.41) is 8.90. The van der Waals surface area contributed by atoms with E-state index < -0.39 is 0 Å². The highest BCUT2D eigenvalue weighted by molar-refractivity contribution is 5.45. The van der Waals surface area contributed by atoms with Crippen LogP contribution in [0.5, 0.6) is 0 Å². The number of piperidine rings is 1. The standard InChI is InChI=1S/C13H18N4/c1-16(2)12-4-3-7-17(10-12)13-8-11(9-14)5-6-15-13/h5-6,8,12H,3-4,7,10H2,1-2H3. The molecular formula is C13H18N4. The number of nitrogens with zero attached hydrogens (tertiary/aromatic N) is 4. The Morgan fingerprint density at radius 1 is 1.53 bits per heavy atom. The first-order chi connectivity index (χ1) is 8.20. The van der Waals surface area contributed by atoms with Crippen molar-refractivity contribution in [1.82, 2.24) is 9.88 Å². The molecule has 0 N–H and O–H groups in total. The van der Waals surface area contributed by atoms with E-state index in [2.05, 4.69) is 34.9 Å². The van der Waals surface area contributed by atoms with Gasteiger partial charge in [0.1, 0.15) is 5.82 Å². The molecule has 0 spiro atoms. The molecule has 0 amide bonds. The summed E-state index contributed by atoms with van der Waals surface area (Å²) in [5.74, 6) is 0.926. The SMILES string of the molecule is CN(C)C1CCCN(c2cc(C#N)ccn2)C1. The lowest BCUT2D eigenvalue weighted by atomic mass is 10.0. The van der Waals surface area contributed by atoms with E-state index >= 15 is 0 Å². The van der Waals surface area contributed by atoms with Crippen LogP contribution in [-0.2, 0) is 0 Å². The highest BCUT2D eigenvalue weighted by Gasteiger charge is 2.22. The average Bonchev–Trinajstić information content (AvgIpc) is 2.39. The van der Waals surface area contributed by atoms with E-state index in [1.807, 2.05) is 6.07 Å². The van der Waals surface area contributed by atoms with Crippen LogP contribution in [0.4, 0.5) is 5.82 Å². The Hall–Kier alpha value is -1.60. The molecule has 2 rings (SSSR count). The summed E-state index contributed by atoms with van der Waals surface area (Å²) in [6, 6.07) is 6.36. The van der Waals surface area contributed by atoms with E-state index in [0.29, 0.717) is 11.6 Å². The maximum Gasteiger partial charge on any atom is 0.129 e. The topological polar surface area (TPSA) is 43.2 Å². The third-order valence-electron chi connectivity index (χ3n) is 3.33. The van der Waals surface area contributed by atoms with Crippen molar-refractivity contribution in [2.75, 3.05) is 32.1 Å². The van der Waals surface area contributed by atoms with Gasteiger partial charge in [-0.2, -0.15) is 5.26 Å².